The Kier molecular flexibility index (Phi) is 15.6. The summed E-state index contributed by atoms with van der Waals surface area (Å²) in [5, 5.41) is 0. The minimum Gasteiger partial charge on any atom is -0.256 e. The first-order valence-electron chi connectivity index (χ1n) is 27.3. The van der Waals surface area contributed by atoms with Crippen molar-refractivity contribution < 1.29 is 0 Å². The lowest BCUT2D eigenvalue weighted by molar-refractivity contribution is 0.398. The Morgan fingerprint density at radius 1 is 0.329 bits per heavy atom. The van der Waals surface area contributed by atoms with Crippen molar-refractivity contribution in [1.29, 1.82) is 0 Å². The third kappa shape index (κ3) is 11.1. The number of hydrogen-bond acceptors (Lipinski definition) is 4. The van der Waals surface area contributed by atoms with E-state index in [1.54, 1.807) is 0 Å². The molecule has 0 amide bonds. The van der Waals surface area contributed by atoms with Gasteiger partial charge < -0.3 is 0 Å². The molecule has 0 saturated carbocycles. The summed E-state index contributed by atoms with van der Waals surface area (Å²) in [5.74, 6) is 0.665. The van der Waals surface area contributed by atoms with E-state index in [2.05, 4.69) is 173 Å². The Balaban J connectivity index is 1.14. The van der Waals surface area contributed by atoms with E-state index in [9.17, 15) is 0 Å². The van der Waals surface area contributed by atoms with Gasteiger partial charge in [0.15, 0.2) is 5.82 Å². The number of unbranched alkanes of at least 4 members (excludes halogenated alkanes) is 10. The molecule has 10 rings (SSSR count). The largest absolute Gasteiger partial charge is 0.256 e. The molecule has 0 bridgehead atoms. The number of hydrogen-bond donors (Lipinski definition) is 0. The third-order valence-corrected chi connectivity index (χ3v) is 15.3. The normalized spacial score (nSPS) is 12.4. The van der Waals surface area contributed by atoms with Crippen LogP contribution in [0.4, 0.5) is 0 Å². The van der Waals surface area contributed by atoms with Gasteiger partial charge in [0.1, 0.15) is 0 Å². The molecule has 0 N–H and O–H groups in total. The van der Waals surface area contributed by atoms with Crippen molar-refractivity contribution in [3.05, 3.63) is 205 Å². The van der Waals surface area contributed by atoms with E-state index in [0.717, 1.165) is 69.0 Å². The van der Waals surface area contributed by atoms with Crippen LogP contribution in [0.15, 0.2) is 182 Å². The van der Waals surface area contributed by atoms with Crippen molar-refractivity contribution in [2.75, 3.05) is 0 Å². The van der Waals surface area contributed by atoms with Gasteiger partial charge in [0.2, 0.25) is 0 Å². The van der Waals surface area contributed by atoms with Crippen molar-refractivity contribution >= 4 is 0 Å². The molecule has 4 nitrogen and oxygen atoms in total. The second kappa shape index (κ2) is 23.1. The Labute approximate surface area is 435 Å². The van der Waals surface area contributed by atoms with Crippen molar-refractivity contribution in [2.24, 2.45) is 0 Å². The number of fused-ring (bicyclic) bond motifs is 3. The summed E-state index contributed by atoms with van der Waals surface area (Å²) in [4.78, 5) is 20.8. The van der Waals surface area contributed by atoms with Gasteiger partial charge in [0, 0.05) is 45.6 Å². The molecule has 0 aliphatic heterocycles. The van der Waals surface area contributed by atoms with Crippen molar-refractivity contribution in [3.8, 4) is 89.8 Å². The lowest BCUT2D eigenvalue weighted by Gasteiger charge is -2.33. The van der Waals surface area contributed by atoms with E-state index in [1.807, 2.05) is 36.7 Å². The SMILES string of the molecule is CCCCCCCCC1(CCCCCCCC)c2cc(C)ccc2-c2ccc(-c3cc(-c4cccc(-c5ccccc5-c5cccc(C)c5)c4)nc(-c4cc(-c5ccccn5)cc(-c5ccccn5)c4)n3)cc21. The first-order valence-corrected chi connectivity index (χ1v) is 27.3. The topological polar surface area (TPSA) is 51.6 Å². The summed E-state index contributed by atoms with van der Waals surface area (Å²) in [6.45, 7) is 9.06. The molecule has 73 heavy (non-hydrogen) atoms. The summed E-state index contributed by atoms with van der Waals surface area (Å²) >= 11 is 0. The second-order valence-corrected chi connectivity index (χ2v) is 20.6. The van der Waals surface area contributed by atoms with Crippen molar-refractivity contribution in [2.45, 2.75) is 123 Å². The number of benzene rings is 6. The summed E-state index contributed by atoms with van der Waals surface area (Å²) < 4.78 is 0. The summed E-state index contributed by atoms with van der Waals surface area (Å²) in [7, 11) is 0. The third-order valence-electron chi connectivity index (χ3n) is 15.3. The Morgan fingerprint density at radius 2 is 0.808 bits per heavy atom. The van der Waals surface area contributed by atoms with Crippen LogP contribution in [0.2, 0.25) is 0 Å². The minimum atomic E-state index is -0.0610. The fourth-order valence-electron chi connectivity index (χ4n) is 11.5. The van der Waals surface area contributed by atoms with Crippen LogP contribution < -0.4 is 0 Å². The molecule has 9 aromatic rings. The van der Waals surface area contributed by atoms with Crippen LogP contribution in [0.3, 0.4) is 0 Å². The maximum Gasteiger partial charge on any atom is 0.160 e. The van der Waals surface area contributed by atoms with Crippen LogP contribution in [-0.2, 0) is 5.41 Å². The van der Waals surface area contributed by atoms with E-state index in [1.165, 1.54) is 127 Å². The highest BCUT2D eigenvalue weighted by atomic mass is 14.9. The molecule has 0 fully saturated rings. The molecule has 1 aliphatic rings. The molecular weight excluding hydrogens is 885 g/mol. The lowest BCUT2D eigenvalue weighted by atomic mass is 9.70. The van der Waals surface area contributed by atoms with Crippen LogP contribution in [0.5, 0.6) is 0 Å². The van der Waals surface area contributed by atoms with Gasteiger partial charge in [-0.1, -0.05) is 211 Å². The Morgan fingerprint density at radius 3 is 1.40 bits per heavy atom. The molecule has 6 aromatic carbocycles. The lowest BCUT2D eigenvalue weighted by Crippen LogP contribution is -2.25. The summed E-state index contributed by atoms with van der Waals surface area (Å²) in [6.07, 6.45) is 21.5. The van der Waals surface area contributed by atoms with Crippen LogP contribution >= 0.6 is 0 Å². The van der Waals surface area contributed by atoms with E-state index in [4.69, 9.17) is 19.9 Å². The van der Waals surface area contributed by atoms with Gasteiger partial charge in [-0.3, -0.25) is 9.97 Å². The van der Waals surface area contributed by atoms with Gasteiger partial charge in [0.25, 0.3) is 0 Å². The van der Waals surface area contributed by atoms with E-state index < -0.39 is 0 Å². The first kappa shape index (κ1) is 49.3. The average Bonchev–Trinajstić information content (AvgIpc) is 3.70. The summed E-state index contributed by atoms with van der Waals surface area (Å²) in [5.41, 5.74) is 21.7. The smallest absolute Gasteiger partial charge is 0.160 e. The van der Waals surface area contributed by atoms with Gasteiger partial charge in [-0.05, 0) is 132 Å². The molecule has 0 saturated heterocycles. The zero-order valence-corrected chi connectivity index (χ0v) is 43.5. The Bertz CT molecular complexity index is 3230. The second-order valence-electron chi connectivity index (χ2n) is 20.6. The van der Waals surface area contributed by atoms with E-state index in [-0.39, 0.29) is 5.41 Å². The molecule has 0 radical (unpaired) electrons. The highest BCUT2D eigenvalue weighted by Gasteiger charge is 2.42. The maximum absolute atomic E-state index is 5.60. The number of aromatic nitrogens is 4. The molecule has 366 valence electrons. The number of aryl methyl sites for hydroxylation is 2. The minimum absolute atomic E-state index is 0.0610. The molecule has 4 heteroatoms. The zero-order chi connectivity index (χ0) is 50.0. The standard InChI is InChI=1S/C69H70N4/c1-5-7-9-11-13-19-37-69(38-20-14-12-10-8-6-2)62-42-50(4)33-35-60(62)61-36-34-54(47-63(61)69)67-48-66(53-28-24-27-52(43-53)59-30-16-15-29-58(59)51-26-23-25-49(3)41-51)72-68(73-67)57-45-55(64-31-17-21-39-70-64)44-56(46-57)65-32-18-22-40-71-65/h15-18,21-36,39-48H,5-14,19-20,37-38H2,1-4H3. The predicted molar refractivity (Wildman–Crippen MR) is 307 cm³/mol. The van der Waals surface area contributed by atoms with Crippen LogP contribution in [-0.4, -0.2) is 19.9 Å². The van der Waals surface area contributed by atoms with E-state index in [0.29, 0.717) is 5.82 Å². The maximum atomic E-state index is 5.60. The molecular formula is C69H70N4. The fourth-order valence-corrected chi connectivity index (χ4v) is 11.5. The van der Waals surface area contributed by atoms with Crippen LogP contribution in [0.1, 0.15) is 126 Å². The predicted octanol–water partition coefficient (Wildman–Crippen LogP) is 19.3. The number of pyridine rings is 2. The van der Waals surface area contributed by atoms with Gasteiger partial charge in [0.05, 0.1) is 22.8 Å². The van der Waals surface area contributed by atoms with E-state index >= 15 is 0 Å². The molecule has 1 aliphatic carbocycles. The molecule has 3 heterocycles. The van der Waals surface area contributed by atoms with Gasteiger partial charge in [-0.15, -0.1) is 0 Å². The van der Waals surface area contributed by atoms with Gasteiger partial charge in [-0.25, -0.2) is 9.97 Å². The number of rotatable bonds is 21. The Hall–Kier alpha value is -7.30. The quantitative estimate of drug-likeness (QED) is 0.0674. The molecule has 0 unspecified atom stereocenters. The number of nitrogens with zero attached hydrogens (tertiary/aromatic N) is 4. The highest BCUT2D eigenvalue weighted by molar-refractivity contribution is 5.88. The van der Waals surface area contributed by atoms with Gasteiger partial charge in [-0.2, -0.15) is 0 Å². The van der Waals surface area contributed by atoms with Crippen molar-refractivity contribution in [1.82, 2.24) is 19.9 Å². The molecule has 3 aromatic heterocycles. The fraction of sp³-hybridized carbons (Fsp3) is 0.275. The monoisotopic (exact) mass is 955 g/mol. The molecule has 0 atom stereocenters. The summed E-state index contributed by atoms with van der Waals surface area (Å²) in [6, 6.07) is 61.9. The van der Waals surface area contributed by atoms with Crippen molar-refractivity contribution in [3.63, 3.8) is 0 Å². The van der Waals surface area contributed by atoms with Crippen LogP contribution in [0.25, 0.3) is 89.8 Å². The highest BCUT2D eigenvalue weighted by Crippen LogP contribution is 2.55. The van der Waals surface area contributed by atoms with Crippen LogP contribution in [0, 0.1) is 13.8 Å². The molecule has 0 spiro atoms. The zero-order valence-electron chi connectivity index (χ0n) is 43.5. The average molecular weight is 955 g/mol. The first-order chi connectivity index (χ1) is 35.9. The van der Waals surface area contributed by atoms with Gasteiger partial charge >= 0.3 is 0 Å².